The van der Waals surface area contributed by atoms with Crippen LogP contribution in [0.3, 0.4) is 0 Å². The van der Waals surface area contributed by atoms with Crippen molar-refractivity contribution < 1.29 is 4.92 Å². The summed E-state index contributed by atoms with van der Waals surface area (Å²) < 4.78 is 0. The van der Waals surface area contributed by atoms with Crippen molar-refractivity contribution in [2.24, 2.45) is 0 Å². The Hall–Kier alpha value is -1.86. The summed E-state index contributed by atoms with van der Waals surface area (Å²) in [7, 11) is 0. The van der Waals surface area contributed by atoms with Gasteiger partial charge in [-0.25, -0.2) is 0 Å². The molecule has 0 saturated heterocycles. The molecule has 1 rings (SSSR count). The van der Waals surface area contributed by atoms with E-state index in [0.29, 0.717) is 0 Å². The summed E-state index contributed by atoms with van der Waals surface area (Å²) in [6.07, 6.45) is 0.787. The highest BCUT2D eigenvalue weighted by atomic mass is 16.6. The minimum atomic E-state index is -0.376. The van der Waals surface area contributed by atoms with E-state index in [1.165, 1.54) is 6.07 Å². The number of nitro groups is 1. The van der Waals surface area contributed by atoms with Crippen LogP contribution < -0.4 is 5.32 Å². The fraction of sp³-hybridized carbons (Fsp3) is 0.385. The zero-order valence-corrected chi connectivity index (χ0v) is 10.1. The van der Waals surface area contributed by atoms with E-state index < -0.39 is 0 Å². The monoisotopic (exact) mass is 232 g/mol. The number of nitrogens with one attached hydrogen (secondary N) is 1. The van der Waals surface area contributed by atoms with Crippen molar-refractivity contribution in [1.29, 1.82) is 0 Å². The highest BCUT2D eigenvalue weighted by Crippen LogP contribution is 2.18. The Labute approximate surface area is 101 Å². The average molecular weight is 232 g/mol. The molecule has 4 heteroatoms. The molecule has 1 unspecified atom stereocenters. The van der Waals surface area contributed by atoms with Crippen molar-refractivity contribution in [2.75, 3.05) is 6.54 Å². The molecule has 4 nitrogen and oxygen atoms in total. The van der Waals surface area contributed by atoms with Crippen molar-refractivity contribution in [3.05, 3.63) is 39.9 Å². The van der Waals surface area contributed by atoms with Gasteiger partial charge in [0.05, 0.1) is 4.92 Å². The number of nitro benzene ring substituents is 1. The fourth-order valence-corrected chi connectivity index (χ4v) is 1.50. The quantitative estimate of drug-likeness (QED) is 0.367. The zero-order chi connectivity index (χ0) is 12.7. The van der Waals surface area contributed by atoms with Crippen molar-refractivity contribution in [3.63, 3.8) is 0 Å². The SMILES string of the molecule is CC#CCCNC(C)c1cccc([N+](=O)[O-])c1. The Kier molecular flexibility index (Phi) is 5.18. The molecule has 90 valence electrons. The van der Waals surface area contributed by atoms with Crippen molar-refractivity contribution in [1.82, 2.24) is 5.32 Å². The van der Waals surface area contributed by atoms with Crippen LogP contribution in [-0.2, 0) is 0 Å². The standard InChI is InChI=1S/C13H16N2O2/c1-3-4-5-9-14-11(2)12-7-6-8-13(10-12)15(16)17/h6-8,10-11,14H,5,9H2,1-2H3. The summed E-state index contributed by atoms with van der Waals surface area (Å²) in [6.45, 7) is 4.58. The molecule has 1 aromatic rings. The second-order valence-electron chi connectivity index (χ2n) is 3.70. The van der Waals surface area contributed by atoms with Gasteiger partial charge in [-0.3, -0.25) is 10.1 Å². The van der Waals surface area contributed by atoms with Gasteiger partial charge in [-0.15, -0.1) is 11.8 Å². The van der Waals surface area contributed by atoms with Crippen LogP contribution in [0.4, 0.5) is 5.69 Å². The largest absolute Gasteiger partial charge is 0.309 e. The van der Waals surface area contributed by atoms with E-state index in [1.54, 1.807) is 12.1 Å². The number of non-ortho nitro benzene ring substituents is 1. The first-order valence-corrected chi connectivity index (χ1v) is 5.52. The van der Waals surface area contributed by atoms with E-state index >= 15 is 0 Å². The zero-order valence-electron chi connectivity index (χ0n) is 10.1. The molecule has 0 spiro atoms. The Morgan fingerprint density at radius 2 is 2.29 bits per heavy atom. The lowest BCUT2D eigenvalue weighted by Crippen LogP contribution is -2.19. The van der Waals surface area contributed by atoms with Crippen molar-refractivity contribution in [2.45, 2.75) is 26.3 Å². The normalized spacial score (nSPS) is 11.4. The first-order valence-electron chi connectivity index (χ1n) is 5.52. The van der Waals surface area contributed by atoms with Crippen LogP contribution in [0.25, 0.3) is 0 Å². The Balaban J connectivity index is 2.61. The van der Waals surface area contributed by atoms with Crippen molar-refractivity contribution >= 4 is 5.69 Å². The lowest BCUT2D eigenvalue weighted by atomic mass is 10.1. The van der Waals surface area contributed by atoms with E-state index in [0.717, 1.165) is 18.5 Å². The van der Waals surface area contributed by atoms with Gasteiger partial charge in [-0.1, -0.05) is 12.1 Å². The lowest BCUT2D eigenvalue weighted by Gasteiger charge is -2.12. The minimum absolute atomic E-state index is 0.0913. The fourth-order valence-electron chi connectivity index (χ4n) is 1.50. The van der Waals surface area contributed by atoms with Crippen LogP contribution in [0.15, 0.2) is 24.3 Å². The van der Waals surface area contributed by atoms with Crippen LogP contribution >= 0.6 is 0 Å². The van der Waals surface area contributed by atoms with Crippen LogP contribution in [0.1, 0.15) is 31.9 Å². The molecule has 0 aliphatic heterocycles. The Morgan fingerprint density at radius 3 is 2.94 bits per heavy atom. The molecule has 0 aliphatic carbocycles. The lowest BCUT2D eigenvalue weighted by molar-refractivity contribution is -0.384. The van der Waals surface area contributed by atoms with Gasteiger partial charge in [0.25, 0.3) is 5.69 Å². The molecule has 1 N–H and O–H groups in total. The molecule has 0 aromatic heterocycles. The highest BCUT2D eigenvalue weighted by Gasteiger charge is 2.09. The Bertz CT molecular complexity index is 446. The van der Waals surface area contributed by atoms with Gasteiger partial charge in [0, 0.05) is 31.1 Å². The molecule has 1 aromatic carbocycles. The second kappa shape index (κ2) is 6.66. The first-order chi connectivity index (χ1) is 8.15. The van der Waals surface area contributed by atoms with Gasteiger partial charge in [0.2, 0.25) is 0 Å². The van der Waals surface area contributed by atoms with Crippen LogP contribution in [0, 0.1) is 22.0 Å². The summed E-state index contributed by atoms with van der Waals surface area (Å²) in [5, 5.41) is 13.9. The van der Waals surface area contributed by atoms with Crippen molar-refractivity contribution in [3.8, 4) is 11.8 Å². The molecular weight excluding hydrogens is 216 g/mol. The van der Waals surface area contributed by atoms with E-state index in [9.17, 15) is 10.1 Å². The smallest absolute Gasteiger partial charge is 0.269 e. The molecule has 17 heavy (non-hydrogen) atoms. The average Bonchev–Trinajstić information content (AvgIpc) is 2.34. The summed E-state index contributed by atoms with van der Waals surface area (Å²) in [5.74, 6) is 5.79. The summed E-state index contributed by atoms with van der Waals surface area (Å²) in [4.78, 5) is 10.3. The number of hydrogen-bond donors (Lipinski definition) is 1. The van der Waals surface area contributed by atoms with Gasteiger partial charge in [-0.2, -0.15) is 0 Å². The molecule has 0 saturated carbocycles. The number of rotatable bonds is 5. The van der Waals surface area contributed by atoms with Crippen LogP contribution in [0.5, 0.6) is 0 Å². The maximum absolute atomic E-state index is 10.6. The number of nitrogens with zero attached hydrogens (tertiary/aromatic N) is 1. The van der Waals surface area contributed by atoms with E-state index in [2.05, 4.69) is 17.2 Å². The van der Waals surface area contributed by atoms with Gasteiger partial charge < -0.3 is 5.32 Å². The molecular formula is C13H16N2O2. The van der Waals surface area contributed by atoms with Crippen LogP contribution in [0.2, 0.25) is 0 Å². The van der Waals surface area contributed by atoms with Gasteiger partial charge in [0.15, 0.2) is 0 Å². The van der Waals surface area contributed by atoms with Gasteiger partial charge in [0.1, 0.15) is 0 Å². The number of benzene rings is 1. The maximum Gasteiger partial charge on any atom is 0.269 e. The van der Waals surface area contributed by atoms with E-state index in [4.69, 9.17) is 0 Å². The molecule has 0 aliphatic rings. The molecule has 0 bridgehead atoms. The second-order valence-corrected chi connectivity index (χ2v) is 3.70. The minimum Gasteiger partial charge on any atom is -0.309 e. The number of hydrogen-bond acceptors (Lipinski definition) is 3. The summed E-state index contributed by atoms with van der Waals surface area (Å²) in [6, 6.07) is 6.78. The van der Waals surface area contributed by atoms with E-state index in [1.807, 2.05) is 19.9 Å². The molecule has 0 radical (unpaired) electrons. The molecule has 1 atom stereocenters. The third kappa shape index (κ3) is 4.25. The van der Waals surface area contributed by atoms with Crippen LogP contribution in [-0.4, -0.2) is 11.5 Å². The maximum atomic E-state index is 10.6. The summed E-state index contributed by atoms with van der Waals surface area (Å²) in [5.41, 5.74) is 1.05. The first kappa shape index (κ1) is 13.2. The highest BCUT2D eigenvalue weighted by molar-refractivity contribution is 5.35. The Morgan fingerprint density at radius 1 is 1.53 bits per heavy atom. The predicted molar refractivity (Wildman–Crippen MR) is 67.6 cm³/mol. The molecule has 0 amide bonds. The summed E-state index contributed by atoms with van der Waals surface area (Å²) >= 11 is 0. The van der Waals surface area contributed by atoms with Gasteiger partial charge in [-0.05, 0) is 19.4 Å². The topological polar surface area (TPSA) is 55.2 Å². The molecule has 0 fully saturated rings. The predicted octanol–water partition coefficient (Wildman–Crippen LogP) is 2.66. The van der Waals surface area contributed by atoms with E-state index in [-0.39, 0.29) is 16.7 Å². The molecule has 0 heterocycles. The third-order valence-corrected chi connectivity index (χ3v) is 2.46. The van der Waals surface area contributed by atoms with Gasteiger partial charge >= 0.3 is 0 Å². The third-order valence-electron chi connectivity index (χ3n) is 2.46.